The van der Waals surface area contributed by atoms with Crippen molar-refractivity contribution in [3.8, 4) is 5.75 Å². The Bertz CT molecular complexity index is 430. The fourth-order valence-electron chi connectivity index (χ4n) is 1.73. The van der Waals surface area contributed by atoms with E-state index in [9.17, 15) is 5.11 Å². The smallest absolute Gasteiger partial charge is 0.138 e. The van der Waals surface area contributed by atoms with Gasteiger partial charge >= 0.3 is 0 Å². The van der Waals surface area contributed by atoms with Crippen LogP contribution in [-0.2, 0) is 6.54 Å². The molecule has 0 saturated heterocycles. The maximum atomic E-state index is 10.0. The minimum Gasteiger partial charge on any atom is -0.489 e. The van der Waals surface area contributed by atoms with E-state index in [1.807, 2.05) is 19.1 Å². The molecule has 2 rings (SSSR count). The number of hydrogen-bond acceptors (Lipinski definition) is 3. The minimum absolute atomic E-state index is 0.308. The highest BCUT2D eigenvalue weighted by molar-refractivity contribution is 9.10. The monoisotopic (exact) mass is 327 g/mol. The van der Waals surface area contributed by atoms with E-state index in [1.165, 1.54) is 12.8 Å². The van der Waals surface area contributed by atoms with Crippen molar-refractivity contribution < 1.29 is 9.84 Å². The van der Waals surface area contributed by atoms with Crippen LogP contribution in [0.5, 0.6) is 5.75 Å². The first kappa shape index (κ1) is 14.8. The molecule has 1 saturated carbocycles. The van der Waals surface area contributed by atoms with Gasteiger partial charge in [-0.3, -0.25) is 0 Å². The second kappa shape index (κ2) is 6.25. The largest absolute Gasteiger partial charge is 0.489 e. The maximum absolute atomic E-state index is 10.0. The Hall–Kier alpha value is -0.580. The molecule has 1 atom stereocenters. The normalized spacial score (nSPS) is 18.1. The van der Waals surface area contributed by atoms with Crippen molar-refractivity contribution in [1.29, 1.82) is 0 Å². The molecular weight excluding hydrogens is 306 g/mol. The van der Waals surface area contributed by atoms with Gasteiger partial charge in [-0.1, -0.05) is 19.1 Å². The van der Waals surface area contributed by atoms with Gasteiger partial charge in [-0.05, 0) is 48.2 Å². The van der Waals surface area contributed by atoms with Crippen molar-refractivity contribution in [2.75, 3.05) is 6.61 Å². The highest BCUT2D eigenvalue weighted by Crippen LogP contribution is 2.31. The average Bonchev–Trinajstić information content (AvgIpc) is 3.19. The quantitative estimate of drug-likeness (QED) is 0.807. The molecule has 1 unspecified atom stereocenters. The molecule has 3 nitrogen and oxygen atoms in total. The van der Waals surface area contributed by atoms with E-state index < -0.39 is 5.60 Å². The van der Waals surface area contributed by atoms with Crippen LogP contribution in [0.3, 0.4) is 0 Å². The molecule has 0 radical (unpaired) electrons. The Balaban J connectivity index is 2.03. The first-order valence-electron chi connectivity index (χ1n) is 6.88. The van der Waals surface area contributed by atoms with E-state index in [2.05, 4.69) is 27.3 Å². The molecule has 1 aliphatic carbocycles. The number of ether oxygens (including phenoxy) is 1. The minimum atomic E-state index is -0.781. The van der Waals surface area contributed by atoms with Crippen LogP contribution in [0.4, 0.5) is 0 Å². The third-order valence-electron chi connectivity index (χ3n) is 3.50. The van der Waals surface area contributed by atoms with E-state index >= 15 is 0 Å². The molecule has 106 valence electrons. The summed E-state index contributed by atoms with van der Waals surface area (Å²) in [5, 5.41) is 13.5. The van der Waals surface area contributed by atoms with Gasteiger partial charge in [0.05, 0.1) is 10.1 Å². The first-order valence-corrected chi connectivity index (χ1v) is 7.67. The van der Waals surface area contributed by atoms with Gasteiger partial charge in [0, 0.05) is 18.2 Å². The Morgan fingerprint density at radius 3 is 2.84 bits per heavy atom. The van der Waals surface area contributed by atoms with E-state index in [4.69, 9.17) is 4.74 Å². The zero-order valence-corrected chi connectivity index (χ0v) is 13.2. The number of benzene rings is 1. The summed E-state index contributed by atoms with van der Waals surface area (Å²) < 4.78 is 6.78. The Morgan fingerprint density at radius 2 is 2.21 bits per heavy atom. The second-order valence-electron chi connectivity index (χ2n) is 5.52. The molecule has 1 aromatic carbocycles. The molecule has 1 fully saturated rings. The fraction of sp³-hybridized carbons (Fsp3) is 0.600. The van der Waals surface area contributed by atoms with Gasteiger partial charge in [0.25, 0.3) is 0 Å². The van der Waals surface area contributed by atoms with Crippen LogP contribution in [0.15, 0.2) is 22.7 Å². The molecule has 0 heterocycles. The number of rotatable bonds is 7. The average molecular weight is 328 g/mol. The lowest BCUT2D eigenvalue weighted by atomic mass is 10.1. The van der Waals surface area contributed by atoms with Gasteiger partial charge in [0.2, 0.25) is 0 Å². The molecule has 0 aliphatic heterocycles. The van der Waals surface area contributed by atoms with Crippen LogP contribution in [-0.4, -0.2) is 23.4 Å². The van der Waals surface area contributed by atoms with Crippen LogP contribution < -0.4 is 10.1 Å². The highest BCUT2D eigenvalue weighted by Gasteiger charge is 2.22. The lowest BCUT2D eigenvalue weighted by Gasteiger charge is -2.23. The number of nitrogens with one attached hydrogen (secondary N) is 1. The van der Waals surface area contributed by atoms with Crippen LogP contribution in [0, 0.1) is 0 Å². The van der Waals surface area contributed by atoms with E-state index in [-0.39, 0.29) is 0 Å². The molecular formula is C15H22BrNO2. The number of hydrogen-bond donors (Lipinski definition) is 2. The van der Waals surface area contributed by atoms with Gasteiger partial charge in [0.15, 0.2) is 0 Å². The Morgan fingerprint density at radius 1 is 1.47 bits per heavy atom. The lowest BCUT2D eigenvalue weighted by molar-refractivity contribution is 0.00792. The van der Waals surface area contributed by atoms with Crippen molar-refractivity contribution in [2.45, 2.75) is 51.3 Å². The molecule has 4 heteroatoms. The predicted octanol–water partition coefficient (Wildman–Crippen LogP) is 3.24. The van der Waals surface area contributed by atoms with Gasteiger partial charge < -0.3 is 15.2 Å². The summed E-state index contributed by atoms with van der Waals surface area (Å²) >= 11 is 3.53. The van der Waals surface area contributed by atoms with Gasteiger partial charge in [-0.25, -0.2) is 0 Å². The molecule has 1 aromatic rings. The number of halogens is 1. The van der Waals surface area contributed by atoms with Gasteiger partial charge in [0.1, 0.15) is 12.4 Å². The van der Waals surface area contributed by atoms with E-state index in [1.54, 1.807) is 6.92 Å². The van der Waals surface area contributed by atoms with Gasteiger partial charge in [-0.2, -0.15) is 0 Å². The molecule has 1 aliphatic rings. The Labute approximate surface area is 123 Å². The predicted molar refractivity (Wildman–Crippen MR) is 80.4 cm³/mol. The van der Waals surface area contributed by atoms with Crippen molar-refractivity contribution >= 4 is 15.9 Å². The van der Waals surface area contributed by atoms with Crippen LogP contribution in [0.1, 0.15) is 38.7 Å². The van der Waals surface area contributed by atoms with Gasteiger partial charge in [-0.15, -0.1) is 0 Å². The van der Waals surface area contributed by atoms with E-state index in [0.29, 0.717) is 19.1 Å². The standard InChI is InChI=1S/C15H22BrNO2/c1-3-15(2,18)10-19-14-11(5-4-6-13(14)16)9-17-12-7-8-12/h4-6,12,17-18H,3,7-10H2,1-2H3. The maximum Gasteiger partial charge on any atom is 0.138 e. The van der Waals surface area contributed by atoms with Crippen molar-refractivity contribution in [1.82, 2.24) is 5.32 Å². The van der Waals surface area contributed by atoms with Crippen LogP contribution in [0.25, 0.3) is 0 Å². The summed E-state index contributed by atoms with van der Waals surface area (Å²) in [6.45, 7) is 4.88. The second-order valence-corrected chi connectivity index (χ2v) is 6.38. The third kappa shape index (κ3) is 4.48. The zero-order valence-electron chi connectivity index (χ0n) is 11.6. The fourth-order valence-corrected chi connectivity index (χ4v) is 2.25. The molecule has 0 bridgehead atoms. The first-order chi connectivity index (χ1) is 9.02. The molecule has 2 N–H and O–H groups in total. The number of para-hydroxylation sites is 1. The summed E-state index contributed by atoms with van der Waals surface area (Å²) in [5.41, 5.74) is 0.351. The topological polar surface area (TPSA) is 41.5 Å². The van der Waals surface area contributed by atoms with E-state index in [0.717, 1.165) is 22.3 Å². The number of aliphatic hydroxyl groups is 1. The summed E-state index contributed by atoms with van der Waals surface area (Å²) in [4.78, 5) is 0. The summed E-state index contributed by atoms with van der Waals surface area (Å²) in [5.74, 6) is 0.837. The van der Waals surface area contributed by atoms with Crippen molar-refractivity contribution in [3.63, 3.8) is 0 Å². The lowest BCUT2D eigenvalue weighted by Crippen LogP contribution is -2.31. The molecule has 0 aromatic heterocycles. The Kier molecular flexibility index (Phi) is 4.87. The van der Waals surface area contributed by atoms with Crippen molar-refractivity contribution in [2.24, 2.45) is 0 Å². The third-order valence-corrected chi connectivity index (χ3v) is 4.12. The molecule has 19 heavy (non-hydrogen) atoms. The zero-order chi connectivity index (χ0) is 13.9. The van der Waals surface area contributed by atoms with Crippen LogP contribution >= 0.6 is 15.9 Å². The summed E-state index contributed by atoms with van der Waals surface area (Å²) in [6, 6.07) is 6.72. The summed E-state index contributed by atoms with van der Waals surface area (Å²) in [7, 11) is 0. The molecule has 0 spiro atoms. The van der Waals surface area contributed by atoms with Crippen LogP contribution in [0.2, 0.25) is 0 Å². The van der Waals surface area contributed by atoms with Crippen molar-refractivity contribution in [3.05, 3.63) is 28.2 Å². The molecule has 0 amide bonds. The highest BCUT2D eigenvalue weighted by atomic mass is 79.9. The summed E-state index contributed by atoms with van der Waals surface area (Å²) in [6.07, 6.45) is 3.22. The SMILES string of the molecule is CCC(C)(O)COc1c(Br)cccc1CNC1CC1.